The van der Waals surface area contributed by atoms with Gasteiger partial charge in [-0.3, -0.25) is 4.98 Å². The Morgan fingerprint density at radius 3 is 3.00 bits per heavy atom. The molecule has 0 bridgehead atoms. The molecule has 0 radical (unpaired) electrons. The van der Waals surface area contributed by atoms with E-state index in [9.17, 15) is 0 Å². The quantitative estimate of drug-likeness (QED) is 0.748. The summed E-state index contributed by atoms with van der Waals surface area (Å²) >= 11 is 6.53. The van der Waals surface area contributed by atoms with Gasteiger partial charge in [0.15, 0.2) is 5.75 Å². The van der Waals surface area contributed by atoms with Crippen molar-refractivity contribution in [2.24, 2.45) is 5.73 Å². The van der Waals surface area contributed by atoms with E-state index in [1.54, 1.807) is 11.7 Å². The number of nitrogens with zero attached hydrogens (tertiary/aromatic N) is 1. The number of benzene rings is 1. The van der Waals surface area contributed by atoms with Crippen LogP contribution in [0.15, 0.2) is 40.4 Å². The zero-order valence-corrected chi connectivity index (χ0v) is 11.5. The SMILES string of the molecule is NC(=S)c1oc2ccccc2c1OCc1cncs1. The van der Waals surface area contributed by atoms with Crippen LogP contribution in [0, 0.1) is 0 Å². The minimum atomic E-state index is 0.190. The van der Waals surface area contributed by atoms with Crippen molar-refractivity contribution in [1.29, 1.82) is 0 Å². The van der Waals surface area contributed by atoms with Crippen LogP contribution in [0.25, 0.3) is 11.0 Å². The molecule has 0 spiro atoms. The van der Waals surface area contributed by atoms with E-state index in [-0.39, 0.29) is 4.99 Å². The van der Waals surface area contributed by atoms with Gasteiger partial charge in [0.2, 0.25) is 5.76 Å². The van der Waals surface area contributed by atoms with Crippen molar-refractivity contribution < 1.29 is 9.15 Å². The van der Waals surface area contributed by atoms with E-state index < -0.39 is 0 Å². The maximum Gasteiger partial charge on any atom is 0.204 e. The monoisotopic (exact) mass is 290 g/mol. The molecule has 96 valence electrons. The fraction of sp³-hybridized carbons (Fsp3) is 0.0769. The highest BCUT2D eigenvalue weighted by Crippen LogP contribution is 2.33. The first-order valence-corrected chi connectivity index (χ1v) is 6.86. The van der Waals surface area contributed by atoms with E-state index in [1.165, 1.54) is 11.3 Å². The Kier molecular flexibility index (Phi) is 3.18. The van der Waals surface area contributed by atoms with Crippen molar-refractivity contribution >= 4 is 39.5 Å². The molecule has 6 heteroatoms. The number of nitrogens with two attached hydrogens (primary N) is 1. The number of hydrogen-bond donors (Lipinski definition) is 1. The maximum absolute atomic E-state index is 5.81. The zero-order chi connectivity index (χ0) is 13.2. The lowest BCUT2D eigenvalue weighted by molar-refractivity contribution is 0.307. The Morgan fingerprint density at radius 1 is 1.42 bits per heavy atom. The summed E-state index contributed by atoms with van der Waals surface area (Å²) in [5.41, 5.74) is 8.15. The molecule has 1 aromatic carbocycles. The predicted octanol–water partition coefficient (Wildman–Crippen LogP) is 3.10. The van der Waals surface area contributed by atoms with Crippen molar-refractivity contribution in [1.82, 2.24) is 4.98 Å². The number of fused-ring (bicyclic) bond motifs is 1. The van der Waals surface area contributed by atoms with Gasteiger partial charge >= 0.3 is 0 Å². The third kappa shape index (κ3) is 2.32. The van der Waals surface area contributed by atoms with E-state index >= 15 is 0 Å². The largest absolute Gasteiger partial charge is 0.483 e. The topological polar surface area (TPSA) is 61.3 Å². The molecule has 0 saturated carbocycles. The lowest BCUT2D eigenvalue weighted by Crippen LogP contribution is -2.10. The van der Waals surface area contributed by atoms with Gasteiger partial charge in [-0.2, -0.15) is 0 Å². The molecular formula is C13H10N2O2S2. The van der Waals surface area contributed by atoms with Crippen molar-refractivity contribution in [3.05, 3.63) is 46.6 Å². The predicted molar refractivity (Wildman–Crippen MR) is 78.5 cm³/mol. The molecule has 2 aromatic heterocycles. The van der Waals surface area contributed by atoms with Crippen LogP contribution in [0.1, 0.15) is 10.6 Å². The molecule has 0 fully saturated rings. The molecule has 19 heavy (non-hydrogen) atoms. The number of thiazole rings is 1. The van der Waals surface area contributed by atoms with Gasteiger partial charge in [0.1, 0.15) is 17.2 Å². The Labute approximate surface area is 118 Å². The fourth-order valence-corrected chi connectivity index (χ4v) is 2.42. The van der Waals surface area contributed by atoms with Crippen LogP contribution in [-0.4, -0.2) is 9.97 Å². The molecule has 0 unspecified atom stereocenters. The summed E-state index contributed by atoms with van der Waals surface area (Å²) in [5, 5.41) is 0.870. The van der Waals surface area contributed by atoms with Gasteiger partial charge in [0.05, 0.1) is 15.8 Å². The summed E-state index contributed by atoms with van der Waals surface area (Å²) in [4.78, 5) is 5.22. The van der Waals surface area contributed by atoms with E-state index in [1.807, 2.05) is 24.3 Å². The molecule has 2 N–H and O–H groups in total. The second-order valence-electron chi connectivity index (χ2n) is 3.88. The minimum Gasteiger partial charge on any atom is -0.483 e. The van der Waals surface area contributed by atoms with Gasteiger partial charge in [-0.25, -0.2) is 0 Å². The van der Waals surface area contributed by atoms with Crippen LogP contribution < -0.4 is 10.5 Å². The summed E-state index contributed by atoms with van der Waals surface area (Å²) < 4.78 is 11.4. The zero-order valence-electron chi connectivity index (χ0n) is 9.83. The number of thiocarbonyl (C=S) groups is 1. The van der Waals surface area contributed by atoms with Gasteiger partial charge in [-0.05, 0) is 12.1 Å². The molecule has 0 saturated heterocycles. The Balaban J connectivity index is 2.00. The average Bonchev–Trinajstić information content (AvgIpc) is 3.03. The number of ether oxygens (including phenoxy) is 1. The normalized spacial score (nSPS) is 10.7. The second-order valence-corrected chi connectivity index (χ2v) is 5.29. The molecule has 0 amide bonds. The molecule has 0 atom stereocenters. The summed E-state index contributed by atoms with van der Waals surface area (Å²) in [6, 6.07) is 7.59. The number of hydrogen-bond acceptors (Lipinski definition) is 5. The van der Waals surface area contributed by atoms with Crippen molar-refractivity contribution in [3.8, 4) is 5.75 Å². The van der Waals surface area contributed by atoms with Gasteiger partial charge in [0.25, 0.3) is 0 Å². The highest BCUT2D eigenvalue weighted by Gasteiger charge is 2.17. The third-order valence-corrected chi connectivity index (χ3v) is 3.55. The Morgan fingerprint density at radius 2 is 2.26 bits per heavy atom. The number of furan rings is 1. The van der Waals surface area contributed by atoms with E-state index in [0.29, 0.717) is 23.7 Å². The summed E-state index contributed by atoms with van der Waals surface area (Å²) in [6.45, 7) is 0.420. The second kappa shape index (κ2) is 4.99. The first-order chi connectivity index (χ1) is 9.25. The van der Waals surface area contributed by atoms with E-state index in [2.05, 4.69) is 4.98 Å². The number of para-hydroxylation sites is 1. The molecule has 2 heterocycles. The van der Waals surface area contributed by atoms with Gasteiger partial charge < -0.3 is 14.9 Å². The first kappa shape index (κ1) is 12.1. The highest BCUT2D eigenvalue weighted by atomic mass is 32.1. The fourth-order valence-electron chi connectivity index (χ4n) is 1.78. The Hall–Kier alpha value is -1.92. The smallest absolute Gasteiger partial charge is 0.204 e. The first-order valence-electron chi connectivity index (χ1n) is 5.57. The van der Waals surface area contributed by atoms with Crippen molar-refractivity contribution in [2.75, 3.05) is 0 Å². The minimum absolute atomic E-state index is 0.190. The standard InChI is InChI=1S/C13H10N2O2S2/c14-13(18)12-11(16-6-8-5-15-7-19-8)9-3-1-2-4-10(9)17-12/h1-5,7H,6H2,(H2,14,18). The van der Waals surface area contributed by atoms with Crippen LogP contribution >= 0.6 is 23.6 Å². The lowest BCUT2D eigenvalue weighted by atomic mass is 10.2. The molecule has 0 aliphatic carbocycles. The molecule has 3 rings (SSSR count). The van der Waals surface area contributed by atoms with Gasteiger partial charge in [-0.1, -0.05) is 24.4 Å². The summed E-state index contributed by atoms with van der Waals surface area (Å²) in [6.07, 6.45) is 1.77. The van der Waals surface area contributed by atoms with Crippen LogP contribution in [0.3, 0.4) is 0 Å². The number of aromatic nitrogens is 1. The summed E-state index contributed by atoms with van der Waals surface area (Å²) in [5.74, 6) is 1.01. The Bertz CT molecular complexity index is 719. The molecule has 4 nitrogen and oxygen atoms in total. The molecule has 3 aromatic rings. The van der Waals surface area contributed by atoms with Gasteiger partial charge in [0, 0.05) is 6.20 Å². The van der Waals surface area contributed by atoms with Crippen LogP contribution in [0.4, 0.5) is 0 Å². The van der Waals surface area contributed by atoms with E-state index in [4.69, 9.17) is 27.1 Å². The van der Waals surface area contributed by atoms with Crippen LogP contribution in [-0.2, 0) is 6.61 Å². The summed E-state index contributed by atoms with van der Waals surface area (Å²) in [7, 11) is 0. The molecular weight excluding hydrogens is 280 g/mol. The van der Waals surface area contributed by atoms with Crippen molar-refractivity contribution in [2.45, 2.75) is 6.61 Å². The van der Waals surface area contributed by atoms with Gasteiger partial charge in [-0.15, -0.1) is 11.3 Å². The van der Waals surface area contributed by atoms with Crippen LogP contribution in [0.5, 0.6) is 5.75 Å². The van der Waals surface area contributed by atoms with Crippen LogP contribution in [0.2, 0.25) is 0 Å². The lowest BCUT2D eigenvalue weighted by Gasteiger charge is -2.04. The average molecular weight is 290 g/mol. The maximum atomic E-state index is 5.81. The molecule has 0 aliphatic rings. The number of rotatable bonds is 4. The molecule has 0 aliphatic heterocycles. The van der Waals surface area contributed by atoms with E-state index in [0.717, 1.165) is 10.3 Å². The third-order valence-electron chi connectivity index (χ3n) is 2.62. The highest BCUT2D eigenvalue weighted by molar-refractivity contribution is 7.80. The van der Waals surface area contributed by atoms with Crippen molar-refractivity contribution in [3.63, 3.8) is 0 Å².